The number of ketones is 1. The van der Waals surface area contributed by atoms with E-state index in [0.717, 1.165) is 57.1 Å². The summed E-state index contributed by atoms with van der Waals surface area (Å²) in [6.07, 6.45) is 11.4. The van der Waals surface area contributed by atoms with E-state index in [2.05, 4.69) is 45.9 Å². The number of fused-ring (bicyclic) bond motifs is 5. The SMILES string of the molecule is C.CC.CC.CCCC.CCCC(O)CCC1CC(=O)C2(C)CCC3c4ccc(OC)cc4CCC3C12. The van der Waals surface area contributed by atoms with Crippen LogP contribution in [0, 0.1) is 23.2 Å². The number of aliphatic hydroxyl groups is 1. The van der Waals surface area contributed by atoms with Crippen molar-refractivity contribution in [3.8, 4) is 5.75 Å². The molecule has 0 spiro atoms. The lowest BCUT2D eigenvalue weighted by Crippen LogP contribution is -2.44. The number of ether oxygens (including phenoxy) is 1. The molecule has 0 bridgehead atoms. The third kappa shape index (κ3) is 8.57. The summed E-state index contributed by atoms with van der Waals surface area (Å²) in [5.74, 6) is 3.59. The van der Waals surface area contributed by atoms with Gasteiger partial charge in [-0.25, -0.2) is 0 Å². The highest BCUT2D eigenvalue weighted by molar-refractivity contribution is 5.87. The normalized spacial score (nSPS) is 27.7. The monoisotopic (exact) mass is 518 g/mol. The van der Waals surface area contributed by atoms with Gasteiger partial charge in [-0.05, 0) is 91.9 Å². The number of carbonyl (C=O) groups is 1. The predicted octanol–water partition coefficient (Wildman–Crippen LogP) is 9.78. The Morgan fingerprint density at radius 1 is 1.03 bits per heavy atom. The second kappa shape index (κ2) is 18.0. The molecule has 1 aromatic carbocycles. The van der Waals surface area contributed by atoms with Crippen LogP contribution in [0.25, 0.3) is 0 Å². The summed E-state index contributed by atoms with van der Waals surface area (Å²) in [6, 6.07) is 6.61. The summed E-state index contributed by atoms with van der Waals surface area (Å²) < 4.78 is 5.44. The number of aliphatic hydroxyl groups excluding tert-OH is 1. The number of hydrogen-bond donors (Lipinski definition) is 1. The van der Waals surface area contributed by atoms with Gasteiger partial charge in [-0.3, -0.25) is 4.79 Å². The Hall–Kier alpha value is -1.35. The minimum atomic E-state index is -0.203. The number of rotatable bonds is 7. The second-order valence-corrected chi connectivity index (χ2v) is 10.8. The minimum Gasteiger partial charge on any atom is -0.497 e. The molecule has 1 N–H and O–H groups in total. The molecule has 0 radical (unpaired) electrons. The van der Waals surface area contributed by atoms with Crippen molar-refractivity contribution in [3.63, 3.8) is 0 Å². The fourth-order valence-electron chi connectivity index (χ4n) is 6.89. The first-order chi connectivity index (χ1) is 17.4. The zero-order valence-electron chi connectivity index (χ0n) is 25.2. The summed E-state index contributed by atoms with van der Waals surface area (Å²) in [5, 5.41) is 10.3. The summed E-state index contributed by atoms with van der Waals surface area (Å²) >= 11 is 0. The third-order valence-electron chi connectivity index (χ3n) is 8.77. The van der Waals surface area contributed by atoms with E-state index in [1.165, 1.54) is 30.4 Å². The number of aryl methyl sites for hydroxylation is 1. The van der Waals surface area contributed by atoms with Crippen molar-refractivity contribution in [1.29, 1.82) is 0 Å². The first kappa shape index (κ1) is 35.6. The Labute approximate surface area is 231 Å². The average Bonchev–Trinajstić information content (AvgIpc) is 3.19. The first-order valence-corrected chi connectivity index (χ1v) is 15.3. The highest BCUT2D eigenvalue weighted by atomic mass is 16.5. The van der Waals surface area contributed by atoms with Gasteiger partial charge in [0.1, 0.15) is 11.5 Å². The predicted molar refractivity (Wildman–Crippen MR) is 162 cm³/mol. The molecular weight excluding hydrogens is 456 g/mol. The van der Waals surface area contributed by atoms with Crippen LogP contribution in [0.5, 0.6) is 5.75 Å². The molecule has 1 aromatic rings. The maximum absolute atomic E-state index is 13.0. The number of Topliss-reactive ketones (excluding diaryl/α,β-unsaturated/α-hetero) is 1. The topological polar surface area (TPSA) is 46.5 Å². The first-order valence-electron chi connectivity index (χ1n) is 15.3. The molecule has 2 saturated carbocycles. The van der Waals surface area contributed by atoms with E-state index in [1.807, 2.05) is 27.7 Å². The van der Waals surface area contributed by atoms with Crippen LogP contribution in [0.1, 0.15) is 144 Å². The van der Waals surface area contributed by atoms with Gasteiger partial charge in [0.05, 0.1) is 13.2 Å². The number of hydrogen-bond acceptors (Lipinski definition) is 3. The highest BCUT2D eigenvalue weighted by Gasteiger charge is 2.58. The van der Waals surface area contributed by atoms with Gasteiger partial charge < -0.3 is 9.84 Å². The van der Waals surface area contributed by atoms with Gasteiger partial charge in [0.15, 0.2) is 0 Å². The second-order valence-electron chi connectivity index (χ2n) is 10.8. The van der Waals surface area contributed by atoms with Gasteiger partial charge in [-0.2, -0.15) is 0 Å². The van der Waals surface area contributed by atoms with Gasteiger partial charge in [0, 0.05) is 11.8 Å². The van der Waals surface area contributed by atoms with Crippen LogP contribution in [0.15, 0.2) is 18.2 Å². The Morgan fingerprint density at radius 3 is 2.24 bits per heavy atom. The molecule has 6 atom stereocenters. The van der Waals surface area contributed by atoms with Crippen molar-refractivity contribution in [2.45, 2.75) is 145 Å². The maximum Gasteiger partial charge on any atom is 0.139 e. The largest absolute Gasteiger partial charge is 0.497 e. The van der Waals surface area contributed by atoms with E-state index < -0.39 is 0 Å². The molecule has 216 valence electrons. The summed E-state index contributed by atoms with van der Waals surface area (Å²) in [6.45, 7) is 16.7. The lowest BCUT2D eigenvalue weighted by Gasteiger charge is -2.50. The zero-order chi connectivity index (χ0) is 27.3. The number of benzene rings is 1. The number of methoxy groups -OCH3 is 1. The number of unbranched alkanes of at least 4 members (excludes halogenated alkanes) is 1. The molecule has 0 aliphatic heterocycles. The molecule has 3 aliphatic rings. The molecule has 0 heterocycles. The molecule has 6 unspecified atom stereocenters. The van der Waals surface area contributed by atoms with Crippen LogP contribution < -0.4 is 4.74 Å². The summed E-state index contributed by atoms with van der Waals surface area (Å²) in [5.41, 5.74) is 2.82. The fourth-order valence-corrected chi connectivity index (χ4v) is 6.89. The molecule has 0 saturated heterocycles. The molecule has 3 nitrogen and oxygen atoms in total. The Kier molecular flexibility index (Phi) is 17.4. The van der Waals surface area contributed by atoms with Crippen LogP contribution in [0.2, 0.25) is 0 Å². The van der Waals surface area contributed by atoms with E-state index in [4.69, 9.17) is 4.74 Å². The van der Waals surface area contributed by atoms with E-state index in [9.17, 15) is 9.90 Å². The van der Waals surface area contributed by atoms with E-state index in [-0.39, 0.29) is 18.9 Å². The minimum absolute atomic E-state index is 0. The van der Waals surface area contributed by atoms with Crippen LogP contribution in [0.3, 0.4) is 0 Å². The van der Waals surface area contributed by atoms with Crippen molar-refractivity contribution in [3.05, 3.63) is 29.3 Å². The van der Waals surface area contributed by atoms with Crippen LogP contribution in [0.4, 0.5) is 0 Å². The molecule has 3 aliphatic carbocycles. The van der Waals surface area contributed by atoms with Crippen LogP contribution >= 0.6 is 0 Å². The molecule has 4 rings (SSSR count). The standard InChI is InChI=1S/C25H36O3.C4H10.2C2H6.CH4/c1-4-5-18(26)8-6-17-15-23(27)25(2)13-12-21-20-11-9-19(28-3)14-16(20)7-10-22(21)24(17)25;1-3-4-2;2*1-2;/h9,11,14,17-18,21-22,24,26H,4-8,10,12-13,15H2,1-3H3;3-4H2,1-2H3;2*1-2H3;1H4. The smallest absolute Gasteiger partial charge is 0.139 e. The third-order valence-corrected chi connectivity index (χ3v) is 8.77. The molecular formula is C34H62O3. The molecule has 37 heavy (non-hydrogen) atoms. The zero-order valence-corrected chi connectivity index (χ0v) is 25.2. The quantitative estimate of drug-likeness (QED) is 0.391. The van der Waals surface area contributed by atoms with Gasteiger partial charge >= 0.3 is 0 Å². The Morgan fingerprint density at radius 2 is 1.68 bits per heavy atom. The maximum atomic E-state index is 13.0. The molecule has 3 heteroatoms. The fraction of sp³-hybridized carbons (Fsp3) is 0.794. The number of carbonyl (C=O) groups excluding carboxylic acids is 1. The van der Waals surface area contributed by atoms with E-state index in [0.29, 0.717) is 29.5 Å². The van der Waals surface area contributed by atoms with Crippen molar-refractivity contribution in [1.82, 2.24) is 0 Å². The van der Waals surface area contributed by atoms with Crippen molar-refractivity contribution < 1.29 is 14.6 Å². The molecule has 0 amide bonds. The van der Waals surface area contributed by atoms with Gasteiger partial charge in [0.2, 0.25) is 0 Å². The van der Waals surface area contributed by atoms with Crippen molar-refractivity contribution in [2.24, 2.45) is 23.2 Å². The van der Waals surface area contributed by atoms with Crippen molar-refractivity contribution in [2.75, 3.05) is 7.11 Å². The molecule has 2 fully saturated rings. The van der Waals surface area contributed by atoms with Crippen LogP contribution in [-0.2, 0) is 11.2 Å². The van der Waals surface area contributed by atoms with Crippen molar-refractivity contribution >= 4 is 5.78 Å². The highest BCUT2D eigenvalue weighted by Crippen LogP contribution is 2.62. The van der Waals surface area contributed by atoms with Gasteiger partial charge in [0.25, 0.3) is 0 Å². The van der Waals surface area contributed by atoms with E-state index in [1.54, 1.807) is 7.11 Å². The van der Waals surface area contributed by atoms with Gasteiger partial charge in [-0.15, -0.1) is 0 Å². The average molecular weight is 519 g/mol. The lowest BCUT2D eigenvalue weighted by molar-refractivity contribution is -0.129. The lowest BCUT2D eigenvalue weighted by atomic mass is 9.54. The van der Waals surface area contributed by atoms with E-state index >= 15 is 0 Å². The Bertz CT molecular complexity index is 755. The summed E-state index contributed by atoms with van der Waals surface area (Å²) in [4.78, 5) is 13.0. The molecule has 0 aromatic heterocycles. The Balaban J connectivity index is 0.00000129. The van der Waals surface area contributed by atoms with Crippen LogP contribution in [-0.4, -0.2) is 24.1 Å². The van der Waals surface area contributed by atoms with Gasteiger partial charge in [-0.1, -0.05) is 88.1 Å². The summed E-state index contributed by atoms with van der Waals surface area (Å²) in [7, 11) is 1.74.